The van der Waals surface area contributed by atoms with Crippen molar-refractivity contribution in [1.29, 1.82) is 0 Å². The van der Waals surface area contributed by atoms with Crippen molar-refractivity contribution in [2.45, 2.75) is 37.7 Å². The van der Waals surface area contributed by atoms with Gasteiger partial charge in [0, 0.05) is 12.3 Å². The van der Waals surface area contributed by atoms with Crippen LogP contribution in [0.4, 0.5) is 0 Å². The van der Waals surface area contributed by atoms with Gasteiger partial charge in [-0.2, -0.15) is 11.8 Å². The van der Waals surface area contributed by atoms with Crippen LogP contribution in [0.2, 0.25) is 0 Å². The van der Waals surface area contributed by atoms with Crippen LogP contribution in [0.3, 0.4) is 0 Å². The number of benzene rings is 1. The first kappa shape index (κ1) is 15.4. The van der Waals surface area contributed by atoms with Gasteiger partial charge in [-0.25, -0.2) is 0 Å². The van der Waals surface area contributed by atoms with Crippen LogP contribution in [0.15, 0.2) is 30.3 Å². The van der Waals surface area contributed by atoms with Crippen LogP contribution in [0, 0.1) is 0 Å². The minimum absolute atomic E-state index is 0.189. The van der Waals surface area contributed by atoms with Crippen molar-refractivity contribution in [1.82, 2.24) is 5.32 Å². The third-order valence-corrected chi connectivity index (χ3v) is 4.87. The highest BCUT2D eigenvalue weighted by atomic mass is 32.2. The van der Waals surface area contributed by atoms with Gasteiger partial charge in [-0.3, -0.25) is 4.79 Å². The van der Waals surface area contributed by atoms with Crippen LogP contribution in [-0.2, 0) is 11.2 Å². The molecule has 4 heteroatoms. The van der Waals surface area contributed by atoms with Gasteiger partial charge in [0.1, 0.15) is 0 Å². The third-order valence-electron chi connectivity index (χ3n) is 3.69. The zero-order valence-corrected chi connectivity index (χ0v) is 12.6. The second-order valence-corrected chi connectivity index (χ2v) is 6.49. The monoisotopic (exact) mass is 293 g/mol. The minimum Gasteiger partial charge on any atom is -0.379 e. The van der Waals surface area contributed by atoms with Crippen LogP contribution in [0.25, 0.3) is 0 Å². The first-order chi connectivity index (χ1) is 9.71. The molecule has 2 rings (SSSR count). The van der Waals surface area contributed by atoms with Gasteiger partial charge in [-0.05, 0) is 37.0 Å². The Morgan fingerprint density at radius 3 is 2.75 bits per heavy atom. The van der Waals surface area contributed by atoms with E-state index in [-0.39, 0.29) is 5.91 Å². The summed E-state index contributed by atoms with van der Waals surface area (Å²) in [5, 5.41) is 12.9. The van der Waals surface area contributed by atoms with E-state index >= 15 is 0 Å². The van der Waals surface area contributed by atoms with Gasteiger partial charge >= 0.3 is 0 Å². The van der Waals surface area contributed by atoms with E-state index in [0.29, 0.717) is 18.7 Å². The molecule has 1 saturated heterocycles. The minimum atomic E-state index is -1.12. The lowest BCUT2D eigenvalue weighted by Gasteiger charge is -2.20. The van der Waals surface area contributed by atoms with Crippen molar-refractivity contribution in [3.8, 4) is 0 Å². The van der Waals surface area contributed by atoms with Crippen LogP contribution in [-0.4, -0.2) is 34.7 Å². The largest absolute Gasteiger partial charge is 0.379 e. The molecule has 0 aliphatic carbocycles. The molecule has 1 unspecified atom stereocenters. The number of carbonyl (C=O) groups is 1. The molecule has 0 radical (unpaired) electrons. The predicted molar refractivity (Wildman–Crippen MR) is 83.9 cm³/mol. The molecule has 20 heavy (non-hydrogen) atoms. The lowest BCUT2D eigenvalue weighted by atomic mass is 10.0. The van der Waals surface area contributed by atoms with Crippen molar-refractivity contribution in [3.63, 3.8) is 0 Å². The Morgan fingerprint density at radius 2 is 2.05 bits per heavy atom. The molecular formula is C16H23NO2S. The van der Waals surface area contributed by atoms with E-state index in [2.05, 4.69) is 29.6 Å². The molecule has 1 amide bonds. The number of thioether (sulfide) groups is 1. The van der Waals surface area contributed by atoms with E-state index in [9.17, 15) is 9.90 Å². The molecule has 3 nitrogen and oxygen atoms in total. The molecule has 1 fully saturated rings. The Bertz CT molecular complexity index is 416. The zero-order chi connectivity index (χ0) is 14.3. The number of aryl methyl sites for hydroxylation is 1. The van der Waals surface area contributed by atoms with Crippen molar-refractivity contribution in [3.05, 3.63) is 35.9 Å². The van der Waals surface area contributed by atoms with Crippen molar-refractivity contribution >= 4 is 17.7 Å². The lowest BCUT2D eigenvalue weighted by molar-refractivity contribution is -0.137. The topological polar surface area (TPSA) is 49.3 Å². The third kappa shape index (κ3) is 4.53. The van der Waals surface area contributed by atoms with E-state index in [4.69, 9.17) is 0 Å². The van der Waals surface area contributed by atoms with Crippen LogP contribution in [0.5, 0.6) is 0 Å². The van der Waals surface area contributed by atoms with Gasteiger partial charge in [-0.15, -0.1) is 0 Å². The predicted octanol–water partition coefficient (Wildman–Crippen LogP) is 2.38. The fourth-order valence-corrected chi connectivity index (χ4v) is 3.61. The Morgan fingerprint density at radius 1 is 1.25 bits per heavy atom. The summed E-state index contributed by atoms with van der Waals surface area (Å²) in [6.07, 6.45) is 4.89. The molecule has 1 aliphatic rings. The Balaban J connectivity index is 1.54. The highest BCUT2D eigenvalue weighted by Gasteiger charge is 2.39. The number of nitrogens with one attached hydrogen (secondary N) is 1. The van der Waals surface area contributed by atoms with Gasteiger partial charge in [0.25, 0.3) is 5.91 Å². The maximum Gasteiger partial charge on any atom is 0.252 e. The van der Waals surface area contributed by atoms with Crippen LogP contribution >= 0.6 is 11.8 Å². The van der Waals surface area contributed by atoms with E-state index < -0.39 is 5.60 Å². The molecule has 0 bridgehead atoms. The van der Waals surface area contributed by atoms with Crippen LogP contribution in [0.1, 0.15) is 31.2 Å². The number of aliphatic hydroxyl groups is 1. The number of rotatable bonds is 7. The second-order valence-electron chi connectivity index (χ2n) is 5.39. The van der Waals surface area contributed by atoms with Crippen LogP contribution < -0.4 is 5.32 Å². The first-order valence-electron chi connectivity index (χ1n) is 7.33. The summed E-state index contributed by atoms with van der Waals surface area (Å²) in [5.41, 5.74) is 0.253. The summed E-state index contributed by atoms with van der Waals surface area (Å²) in [7, 11) is 0. The maximum atomic E-state index is 11.8. The molecule has 1 aromatic carbocycles. The van der Waals surface area contributed by atoms with Gasteiger partial charge in [0.2, 0.25) is 0 Å². The summed E-state index contributed by atoms with van der Waals surface area (Å²) in [4.78, 5) is 11.8. The quantitative estimate of drug-likeness (QED) is 0.759. The van der Waals surface area contributed by atoms with E-state index in [1.54, 1.807) is 11.8 Å². The van der Waals surface area contributed by atoms with E-state index in [1.165, 1.54) is 5.56 Å². The second kappa shape index (κ2) is 7.70. The molecule has 0 saturated carbocycles. The highest BCUT2D eigenvalue weighted by molar-refractivity contribution is 7.99. The molecule has 2 N–H and O–H groups in total. The smallest absolute Gasteiger partial charge is 0.252 e. The van der Waals surface area contributed by atoms with Gasteiger partial charge in [-0.1, -0.05) is 36.8 Å². The molecule has 1 aromatic rings. The Labute approximate surface area is 125 Å². The zero-order valence-electron chi connectivity index (χ0n) is 11.8. The average Bonchev–Trinajstić information content (AvgIpc) is 2.92. The summed E-state index contributed by atoms with van der Waals surface area (Å²) in [5.74, 6) is 1.22. The van der Waals surface area contributed by atoms with Gasteiger partial charge in [0.15, 0.2) is 5.60 Å². The van der Waals surface area contributed by atoms with Crippen molar-refractivity contribution < 1.29 is 9.90 Å². The molecule has 1 atom stereocenters. The molecular weight excluding hydrogens is 270 g/mol. The number of carbonyl (C=O) groups excluding carboxylic acids is 1. The summed E-state index contributed by atoms with van der Waals surface area (Å²) < 4.78 is 0. The number of amides is 1. The number of hydrogen-bond acceptors (Lipinski definition) is 3. The fraction of sp³-hybridized carbons (Fsp3) is 0.562. The highest BCUT2D eigenvalue weighted by Crippen LogP contribution is 2.27. The van der Waals surface area contributed by atoms with Crippen molar-refractivity contribution in [2.75, 3.05) is 18.1 Å². The van der Waals surface area contributed by atoms with Gasteiger partial charge < -0.3 is 10.4 Å². The molecule has 110 valence electrons. The standard InChI is InChI=1S/C16H23NO2S/c18-15(16(19)10-12-20-13-16)17-11-6-2-5-9-14-7-3-1-4-8-14/h1,3-4,7-8,19H,2,5-6,9-13H2,(H,17,18). The SMILES string of the molecule is O=C(NCCCCCc1ccccc1)C1(O)CCSC1. The number of hydrogen-bond donors (Lipinski definition) is 2. The van der Waals surface area contributed by atoms with Crippen molar-refractivity contribution in [2.24, 2.45) is 0 Å². The number of unbranched alkanes of at least 4 members (excludes halogenated alkanes) is 2. The molecule has 0 spiro atoms. The Kier molecular flexibility index (Phi) is 5.92. The van der Waals surface area contributed by atoms with E-state index in [1.807, 2.05) is 6.07 Å². The molecule has 1 heterocycles. The maximum absolute atomic E-state index is 11.8. The summed E-state index contributed by atoms with van der Waals surface area (Å²) >= 11 is 1.64. The molecule has 1 aliphatic heterocycles. The van der Waals surface area contributed by atoms with E-state index in [0.717, 1.165) is 31.4 Å². The molecule has 0 aromatic heterocycles. The lowest BCUT2D eigenvalue weighted by Crippen LogP contribution is -2.47. The first-order valence-corrected chi connectivity index (χ1v) is 8.48. The summed E-state index contributed by atoms with van der Waals surface area (Å²) in [6, 6.07) is 10.5. The Hall–Kier alpha value is -1.00. The van der Waals surface area contributed by atoms with Gasteiger partial charge in [0.05, 0.1) is 0 Å². The normalized spacial score (nSPS) is 21.9. The average molecular weight is 293 g/mol. The fourth-order valence-electron chi connectivity index (χ4n) is 2.38. The summed E-state index contributed by atoms with van der Waals surface area (Å²) in [6.45, 7) is 0.667.